The van der Waals surface area contributed by atoms with Crippen LogP contribution in [0.4, 0.5) is 10.2 Å². The minimum Gasteiger partial charge on any atom is -0.487 e. The van der Waals surface area contributed by atoms with Gasteiger partial charge in [-0.25, -0.2) is 9.37 Å². The maximum atomic E-state index is 14.6. The second-order valence-electron chi connectivity index (χ2n) is 9.18. The van der Waals surface area contributed by atoms with Crippen LogP contribution < -0.4 is 20.5 Å². The van der Waals surface area contributed by atoms with E-state index in [0.717, 1.165) is 11.6 Å². The predicted molar refractivity (Wildman–Crippen MR) is 130 cm³/mol. The summed E-state index contributed by atoms with van der Waals surface area (Å²) in [6, 6.07) is 10.0. The molecule has 0 atom stereocenters. The number of aromatic nitrogens is 1. The summed E-state index contributed by atoms with van der Waals surface area (Å²) in [7, 11) is 3.07. The Hall–Kier alpha value is -4.47. The van der Waals surface area contributed by atoms with Crippen molar-refractivity contribution in [3.63, 3.8) is 0 Å². The lowest BCUT2D eigenvalue weighted by atomic mass is 9.99. The number of ether oxygens (including phenoxy) is 2. The third kappa shape index (κ3) is 5.12. The number of halogens is 1. The molecule has 0 unspecified atom stereocenters. The Morgan fingerprint density at radius 3 is 2.47 bits per heavy atom. The van der Waals surface area contributed by atoms with E-state index in [0.29, 0.717) is 17.9 Å². The smallest absolute Gasteiger partial charge is 0.257 e. The Labute approximate surface area is 207 Å². The van der Waals surface area contributed by atoms with E-state index in [2.05, 4.69) is 10.3 Å². The number of carbonyl (C=O) groups excluding carboxylic acids is 3. The van der Waals surface area contributed by atoms with Gasteiger partial charge in [-0.2, -0.15) is 0 Å². The first-order chi connectivity index (χ1) is 16.9. The van der Waals surface area contributed by atoms with Crippen LogP contribution in [0.2, 0.25) is 0 Å². The van der Waals surface area contributed by atoms with E-state index in [1.807, 2.05) is 13.8 Å². The maximum Gasteiger partial charge on any atom is 0.257 e. The molecule has 0 saturated carbocycles. The molecule has 0 saturated heterocycles. The van der Waals surface area contributed by atoms with Crippen molar-refractivity contribution < 1.29 is 28.2 Å². The monoisotopic (exact) mass is 492 g/mol. The SMILES string of the molecule is CN(C)C(=O)c1ccc(Oc2cc(C(=O)Nc3ccc(C(N)=O)cn3)cc3c2CC(C)(C)O3)cc1F. The van der Waals surface area contributed by atoms with Crippen LogP contribution >= 0.6 is 0 Å². The molecule has 3 aromatic rings. The summed E-state index contributed by atoms with van der Waals surface area (Å²) in [5.74, 6) is -1.13. The van der Waals surface area contributed by atoms with E-state index >= 15 is 0 Å². The van der Waals surface area contributed by atoms with Gasteiger partial charge in [0.1, 0.15) is 34.5 Å². The van der Waals surface area contributed by atoms with E-state index in [4.69, 9.17) is 15.2 Å². The number of anilines is 1. The number of hydrogen-bond donors (Lipinski definition) is 2. The lowest BCUT2D eigenvalue weighted by molar-refractivity contribution is 0.0822. The third-order valence-corrected chi connectivity index (χ3v) is 5.51. The van der Waals surface area contributed by atoms with Gasteiger partial charge in [-0.3, -0.25) is 14.4 Å². The van der Waals surface area contributed by atoms with Crippen LogP contribution in [0.25, 0.3) is 0 Å². The van der Waals surface area contributed by atoms with Crippen LogP contribution in [-0.2, 0) is 6.42 Å². The molecule has 1 aromatic heterocycles. The zero-order valence-electron chi connectivity index (χ0n) is 20.2. The molecule has 0 radical (unpaired) electrons. The molecule has 0 aliphatic carbocycles. The molecule has 2 aromatic carbocycles. The average molecular weight is 493 g/mol. The van der Waals surface area contributed by atoms with Gasteiger partial charge in [0.15, 0.2) is 0 Å². The highest BCUT2D eigenvalue weighted by molar-refractivity contribution is 6.04. The second-order valence-corrected chi connectivity index (χ2v) is 9.18. The fraction of sp³-hybridized carbons (Fsp3) is 0.231. The van der Waals surface area contributed by atoms with Crippen molar-refractivity contribution in [2.45, 2.75) is 25.9 Å². The van der Waals surface area contributed by atoms with Crippen LogP contribution in [0.3, 0.4) is 0 Å². The van der Waals surface area contributed by atoms with Crippen molar-refractivity contribution in [2.75, 3.05) is 19.4 Å². The lowest BCUT2D eigenvalue weighted by Crippen LogP contribution is -2.24. The minimum atomic E-state index is -0.723. The number of hydrogen-bond acceptors (Lipinski definition) is 6. The molecule has 9 nitrogen and oxygen atoms in total. The van der Waals surface area contributed by atoms with Gasteiger partial charge in [0, 0.05) is 43.9 Å². The molecular formula is C26H25FN4O5. The number of primary amides is 1. The summed E-state index contributed by atoms with van der Waals surface area (Å²) in [5.41, 5.74) is 5.77. The quantitative estimate of drug-likeness (QED) is 0.540. The zero-order chi connectivity index (χ0) is 26.2. The number of nitrogens with zero attached hydrogens (tertiary/aromatic N) is 2. The summed E-state index contributed by atoms with van der Waals surface area (Å²) in [6.07, 6.45) is 1.77. The summed E-state index contributed by atoms with van der Waals surface area (Å²) in [6.45, 7) is 3.81. The molecule has 2 heterocycles. The fourth-order valence-electron chi connectivity index (χ4n) is 3.77. The fourth-order valence-corrected chi connectivity index (χ4v) is 3.77. The maximum absolute atomic E-state index is 14.6. The number of pyridine rings is 1. The highest BCUT2D eigenvalue weighted by atomic mass is 19.1. The molecule has 0 bridgehead atoms. The zero-order valence-corrected chi connectivity index (χ0v) is 20.2. The Balaban J connectivity index is 1.64. The van der Waals surface area contributed by atoms with Crippen molar-refractivity contribution in [1.82, 2.24) is 9.88 Å². The molecule has 0 spiro atoms. The first-order valence-electron chi connectivity index (χ1n) is 11.1. The van der Waals surface area contributed by atoms with E-state index in [-0.39, 0.29) is 28.3 Å². The number of fused-ring (bicyclic) bond motifs is 1. The minimum absolute atomic E-state index is 0.0787. The van der Waals surface area contributed by atoms with Crippen LogP contribution in [0.5, 0.6) is 17.2 Å². The number of carbonyl (C=O) groups is 3. The van der Waals surface area contributed by atoms with Gasteiger partial charge in [-0.15, -0.1) is 0 Å². The predicted octanol–water partition coefficient (Wildman–Crippen LogP) is 3.78. The molecule has 10 heteroatoms. The van der Waals surface area contributed by atoms with Crippen LogP contribution in [0.1, 0.15) is 50.5 Å². The first-order valence-corrected chi connectivity index (χ1v) is 11.1. The molecule has 186 valence electrons. The first kappa shape index (κ1) is 24.6. The second kappa shape index (κ2) is 9.29. The highest BCUT2D eigenvalue weighted by Crippen LogP contribution is 2.43. The van der Waals surface area contributed by atoms with E-state index in [9.17, 15) is 18.8 Å². The summed E-state index contributed by atoms with van der Waals surface area (Å²) >= 11 is 0. The molecule has 3 amide bonds. The Morgan fingerprint density at radius 1 is 1.11 bits per heavy atom. The summed E-state index contributed by atoms with van der Waals surface area (Å²) in [5, 5.41) is 2.65. The molecular weight excluding hydrogens is 467 g/mol. The van der Waals surface area contributed by atoms with Crippen LogP contribution in [-0.4, -0.2) is 47.3 Å². The van der Waals surface area contributed by atoms with Crippen molar-refractivity contribution in [3.05, 3.63) is 76.7 Å². The molecule has 3 N–H and O–H groups in total. The molecule has 1 aliphatic rings. The molecule has 0 fully saturated rings. The summed E-state index contributed by atoms with van der Waals surface area (Å²) < 4.78 is 26.6. The van der Waals surface area contributed by atoms with Gasteiger partial charge >= 0.3 is 0 Å². The van der Waals surface area contributed by atoms with Crippen molar-refractivity contribution in [3.8, 4) is 17.2 Å². The van der Waals surface area contributed by atoms with Crippen molar-refractivity contribution in [2.24, 2.45) is 5.73 Å². The number of amides is 3. The Bertz CT molecular complexity index is 1370. The van der Waals surface area contributed by atoms with Gasteiger partial charge in [0.2, 0.25) is 5.91 Å². The lowest BCUT2D eigenvalue weighted by Gasteiger charge is -2.16. The van der Waals surface area contributed by atoms with Gasteiger partial charge < -0.3 is 25.4 Å². The normalized spacial score (nSPS) is 13.4. The van der Waals surface area contributed by atoms with Gasteiger partial charge in [0.05, 0.1) is 11.1 Å². The van der Waals surface area contributed by atoms with E-state index < -0.39 is 29.1 Å². The highest BCUT2D eigenvalue weighted by Gasteiger charge is 2.34. The van der Waals surface area contributed by atoms with Crippen molar-refractivity contribution in [1.29, 1.82) is 0 Å². The number of rotatable bonds is 6. The standard InChI is InChI=1S/C26H25FN4O5/c1-26(2)12-18-20(35-16-6-7-17(19(27)11-16)25(34)31(3)4)9-15(10-21(18)36-26)24(33)30-22-8-5-14(13-29-22)23(28)32/h5-11,13H,12H2,1-4H3,(H2,28,32)(H,29,30,33). The molecule has 1 aliphatic heterocycles. The van der Waals surface area contributed by atoms with E-state index in [1.54, 1.807) is 6.07 Å². The summed E-state index contributed by atoms with van der Waals surface area (Å²) in [4.78, 5) is 41.7. The molecule has 36 heavy (non-hydrogen) atoms. The largest absolute Gasteiger partial charge is 0.487 e. The van der Waals surface area contributed by atoms with Gasteiger partial charge in [-0.1, -0.05) is 0 Å². The average Bonchev–Trinajstić information content (AvgIpc) is 3.13. The number of nitrogens with two attached hydrogens (primary N) is 1. The van der Waals surface area contributed by atoms with Gasteiger partial charge in [0.25, 0.3) is 11.8 Å². The van der Waals surface area contributed by atoms with E-state index in [1.165, 1.54) is 55.5 Å². The number of benzene rings is 2. The van der Waals surface area contributed by atoms with Crippen molar-refractivity contribution >= 4 is 23.5 Å². The Morgan fingerprint density at radius 2 is 1.86 bits per heavy atom. The Kier molecular flexibility index (Phi) is 6.36. The number of nitrogens with one attached hydrogen (secondary N) is 1. The topological polar surface area (TPSA) is 124 Å². The van der Waals surface area contributed by atoms with Crippen LogP contribution in [0, 0.1) is 5.82 Å². The molecule has 4 rings (SSSR count). The van der Waals surface area contributed by atoms with Crippen LogP contribution in [0.15, 0.2) is 48.7 Å². The van der Waals surface area contributed by atoms with Gasteiger partial charge in [-0.05, 0) is 50.2 Å². The third-order valence-electron chi connectivity index (χ3n) is 5.51.